The van der Waals surface area contributed by atoms with E-state index in [-0.39, 0.29) is 24.4 Å². The number of anilines is 1. The van der Waals surface area contributed by atoms with Gasteiger partial charge in [-0.25, -0.2) is 0 Å². The van der Waals surface area contributed by atoms with Crippen molar-refractivity contribution in [3.8, 4) is 0 Å². The highest BCUT2D eigenvalue weighted by Gasteiger charge is 2.12. The Hall–Kier alpha value is -2.82. The smallest absolute Gasteiger partial charge is 0.251 e. The van der Waals surface area contributed by atoms with E-state index in [2.05, 4.69) is 16.0 Å². The largest absolute Gasteiger partial charge is 0.376 e. The third-order valence-electron chi connectivity index (χ3n) is 3.88. The van der Waals surface area contributed by atoms with E-state index in [1.807, 2.05) is 44.2 Å². The van der Waals surface area contributed by atoms with E-state index < -0.39 is 0 Å². The molecule has 5 nitrogen and oxygen atoms in total. The summed E-state index contributed by atoms with van der Waals surface area (Å²) >= 11 is 0. The molecule has 2 rings (SSSR count). The molecule has 0 heterocycles. The molecule has 2 amide bonds. The molecule has 0 aliphatic carbocycles. The fraction of sp³-hybridized carbons (Fsp3) is 0.300. The molecule has 0 saturated carbocycles. The van der Waals surface area contributed by atoms with Gasteiger partial charge < -0.3 is 16.0 Å². The van der Waals surface area contributed by atoms with Gasteiger partial charge in [-0.3, -0.25) is 9.59 Å². The molecule has 0 bridgehead atoms. The van der Waals surface area contributed by atoms with Gasteiger partial charge in [0.2, 0.25) is 5.91 Å². The van der Waals surface area contributed by atoms with Crippen LogP contribution < -0.4 is 16.0 Å². The molecule has 0 aliphatic rings. The van der Waals surface area contributed by atoms with Gasteiger partial charge in [-0.2, -0.15) is 0 Å². The quantitative estimate of drug-likeness (QED) is 0.692. The van der Waals surface area contributed by atoms with Crippen LogP contribution >= 0.6 is 0 Å². The van der Waals surface area contributed by atoms with Crippen molar-refractivity contribution in [1.82, 2.24) is 10.6 Å². The predicted molar refractivity (Wildman–Crippen MR) is 101 cm³/mol. The van der Waals surface area contributed by atoms with E-state index in [1.165, 1.54) is 0 Å². The van der Waals surface area contributed by atoms with E-state index in [0.29, 0.717) is 12.1 Å². The number of carbonyl (C=O) groups excluding carboxylic acids is 2. The lowest BCUT2D eigenvalue weighted by Crippen LogP contribution is -2.33. The summed E-state index contributed by atoms with van der Waals surface area (Å²) in [5, 5.41) is 8.87. The van der Waals surface area contributed by atoms with Crippen molar-refractivity contribution in [1.29, 1.82) is 0 Å². The monoisotopic (exact) mass is 339 g/mol. The molecule has 132 valence electrons. The van der Waals surface area contributed by atoms with Gasteiger partial charge in [0.15, 0.2) is 0 Å². The first-order chi connectivity index (χ1) is 12.1. The summed E-state index contributed by atoms with van der Waals surface area (Å²) in [5.74, 6) is -0.163. The van der Waals surface area contributed by atoms with Gasteiger partial charge in [0, 0.05) is 17.8 Å². The van der Waals surface area contributed by atoms with E-state index >= 15 is 0 Å². The first-order valence-corrected chi connectivity index (χ1v) is 8.60. The molecule has 0 aromatic heterocycles. The van der Waals surface area contributed by atoms with Gasteiger partial charge in [0.05, 0.1) is 12.6 Å². The molecule has 2 aromatic carbocycles. The molecular formula is C20H25N3O2. The summed E-state index contributed by atoms with van der Waals surface area (Å²) in [6.45, 7) is 4.71. The van der Waals surface area contributed by atoms with Gasteiger partial charge in [-0.05, 0) is 43.2 Å². The fourth-order valence-electron chi connectivity index (χ4n) is 2.54. The SMILES string of the molecule is CCNC(=O)c1ccc(NCC(=O)NC(CC)c2ccccc2)cc1. The fourth-order valence-corrected chi connectivity index (χ4v) is 2.54. The zero-order valence-electron chi connectivity index (χ0n) is 14.7. The van der Waals surface area contributed by atoms with Gasteiger partial charge >= 0.3 is 0 Å². The molecule has 1 atom stereocenters. The Balaban J connectivity index is 1.86. The summed E-state index contributed by atoms with van der Waals surface area (Å²) in [7, 11) is 0. The third-order valence-corrected chi connectivity index (χ3v) is 3.88. The second-order valence-electron chi connectivity index (χ2n) is 5.73. The molecule has 2 aromatic rings. The topological polar surface area (TPSA) is 70.2 Å². The van der Waals surface area contributed by atoms with Crippen molar-refractivity contribution in [3.05, 3.63) is 65.7 Å². The highest BCUT2D eigenvalue weighted by atomic mass is 16.2. The van der Waals surface area contributed by atoms with Crippen LogP contribution in [0.15, 0.2) is 54.6 Å². The lowest BCUT2D eigenvalue weighted by atomic mass is 10.0. The first kappa shape index (κ1) is 18.5. The van der Waals surface area contributed by atoms with Gasteiger partial charge in [0.1, 0.15) is 0 Å². The van der Waals surface area contributed by atoms with Crippen molar-refractivity contribution in [2.24, 2.45) is 0 Å². The van der Waals surface area contributed by atoms with Crippen molar-refractivity contribution >= 4 is 17.5 Å². The number of carbonyl (C=O) groups is 2. The van der Waals surface area contributed by atoms with E-state index in [1.54, 1.807) is 24.3 Å². The Morgan fingerprint density at radius 3 is 2.24 bits per heavy atom. The molecule has 1 unspecified atom stereocenters. The minimum atomic E-state index is -0.0968. The van der Waals surface area contributed by atoms with Crippen molar-refractivity contribution in [3.63, 3.8) is 0 Å². The third kappa shape index (κ3) is 5.64. The molecule has 3 N–H and O–H groups in total. The molecule has 0 radical (unpaired) electrons. The summed E-state index contributed by atoms with van der Waals surface area (Å²) in [6.07, 6.45) is 0.830. The van der Waals surface area contributed by atoms with Crippen LogP contribution in [0.25, 0.3) is 0 Å². The summed E-state index contributed by atoms with van der Waals surface area (Å²) < 4.78 is 0. The van der Waals surface area contributed by atoms with Gasteiger partial charge in [-0.1, -0.05) is 37.3 Å². The standard InChI is InChI=1S/C20H25N3O2/c1-3-18(15-8-6-5-7-9-15)23-19(24)14-22-17-12-10-16(11-13-17)20(25)21-4-2/h5-13,18,22H,3-4,14H2,1-2H3,(H,21,25)(H,23,24). The highest BCUT2D eigenvalue weighted by Crippen LogP contribution is 2.15. The maximum absolute atomic E-state index is 12.2. The van der Waals surface area contributed by atoms with Gasteiger partial charge in [-0.15, -0.1) is 0 Å². The number of nitrogens with one attached hydrogen (secondary N) is 3. The highest BCUT2D eigenvalue weighted by molar-refractivity contribution is 5.94. The normalized spacial score (nSPS) is 11.4. The lowest BCUT2D eigenvalue weighted by molar-refractivity contribution is -0.120. The predicted octanol–water partition coefficient (Wildman–Crippen LogP) is 3.12. The molecule has 0 aliphatic heterocycles. The van der Waals surface area contributed by atoms with Crippen LogP contribution in [-0.2, 0) is 4.79 Å². The lowest BCUT2D eigenvalue weighted by Gasteiger charge is -2.18. The number of hydrogen-bond acceptors (Lipinski definition) is 3. The van der Waals surface area contributed by atoms with Gasteiger partial charge in [0.25, 0.3) is 5.91 Å². The minimum absolute atomic E-state index is 0.00983. The van der Waals surface area contributed by atoms with Crippen molar-refractivity contribution < 1.29 is 9.59 Å². The van der Waals surface area contributed by atoms with Crippen LogP contribution in [0.1, 0.15) is 42.2 Å². The molecule has 0 fully saturated rings. The average molecular weight is 339 g/mol. The van der Waals surface area contributed by atoms with Crippen molar-refractivity contribution in [2.75, 3.05) is 18.4 Å². The molecule has 25 heavy (non-hydrogen) atoms. The summed E-state index contributed by atoms with van der Waals surface area (Å²) in [4.78, 5) is 23.9. The summed E-state index contributed by atoms with van der Waals surface area (Å²) in [5.41, 5.74) is 2.51. The maximum atomic E-state index is 12.2. The second-order valence-corrected chi connectivity index (χ2v) is 5.73. The Morgan fingerprint density at radius 2 is 1.64 bits per heavy atom. The molecular weight excluding hydrogens is 314 g/mol. The number of rotatable bonds is 8. The van der Waals surface area contributed by atoms with Crippen molar-refractivity contribution in [2.45, 2.75) is 26.3 Å². The Morgan fingerprint density at radius 1 is 0.960 bits per heavy atom. The number of amides is 2. The van der Waals surface area contributed by atoms with E-state index in [9.17, 15) is 9.59 Å². The van der Waals surface area contributed by atoms with Crippen LogP contribution in [0.3, 0.4) is 0 Å². The van der Waals surface area contributed by atoms with Crippen LogP contribution in [0.5, 0.6) is 0 Å². The molecule has 5 heteroatoms. The number of hydrogen-bond donors (Lipinski definition) is 3. The number of benzene rings is 2. The average Bonchev–Trinajstić information content (AvgIpc) is 2.65. The Bertz CT molecular complexity index is 684. The van der Waals surface area contributed by atoms with Crippen LogP contribution in [0.4, 0.5) is 5.69 Å². The van der Waals surface area contributed by atoms with E-state index in [4.69, 9.17) is 0 Å². The first-order valence-electron chi connectivity index (χ1n) is 8.60. The Labute approximate surface area is 148 Å². The summed E-state index contributed by atoms with van der Waals surface area (Å²) in [6, 6.07) is 17.0. The Kier molecular flexibility index (Phi) is 7.01. The van der Waals surface area contributed by atoms with Crippen LogP contribution in [-0.4, -0.2) is 24.9 Å². The zero-order valence-corrected chi connectivity index (χ0v) is 14.7. The minimum Gasteiger partial charge on any atom is -0.376 e. The second kappa shape index (κ2) is 9.47. The maximum Gasteiger partial charge on any atom is 0.251 e. The molecule has 0 spiro atoms. The van der Waals surface area contributed by atoms with E-state index in [0.717, 1.165) is 17.7 Å². The van der Waals surface area contributed by atoms with Crippen LogP contribution in [0, 0.1) is 0 Å². The zero-order chi connectivity index (χ0) is 18.1. The van der Waals surface area contributed by atoms with Crippen LogP contribution in [0.2, 0.25) is 0 Å². The molecule has 0 saturated heterocycles.